The molecule has 0 radical (unpaired) electrons. The molecule has 2 aromatic rings. The van der Waals surface area contributed by atoms with Crippen LogP contribution in [0.5, 0.6) is 0 Å². The normalized spacial score (nSPS) is 26.1. The van der Waals surface area contributed by atoms with E-state index in [1.54, 1.807) is 0 Å². The molecule has 1 aliphatic heterocycles. The molecule has 3 atom stereocenters. The highest BCUT2D eigenvalue weighted by atomic mass is 16.5. The fourth-order valence-corrected chi connectivity index (χ4v) is 6.01. The zero-order valence-electron chi connectivity index (χ0n) is 18.5. The van der Waals surface area contributed by atoms with E-state index in [9.17, 15) is 9.59 Å². The number of hydrogen-bond acceptors (Lipinski definition) is 3. The highest BCUT2D eigenvalue weighted by Crippen LogP contribution is 2.52. The average Bonchev–Trinajstić information content (AvgIpc) is 3.17. The number of aromatic nitrogens is 1. The summed E-state index contributed by atoms with van der Waals surface area (Å²) in [5.41, 5.74) is 7.54. The maximum atomic E-state index is 13.4. The Balaban J connectivity index is 1.60. The van der Waals surface area contributed by atoms with E-state index in [0.29, 0.717) is 12.6 Å². The summed E-state index contributed by atoms with van der Waals surface area (Å²) in [5, 5.41) is 0.962. The first-order valence-electron chi connectivity index (χ1n) is 10.9. The van der Waals surface area contributed by atoms with Crippen LogP contribution in [0.1, 0.15) is 70.0 Å². The molecule has 2 amide bonds. The lowest BCUT2D eigenvalue weighted by Crippen LogP contribution is -2.37. The molecule has 1 aromatic heterocycles. The molecule has 1 saturated heterocycles. The first-order chi connectivity index (χ1) is 14.1. The number of hydrogen-bond donors (Lipinski definition) is 1. The summed E-state index contributed by atoms with van der Waals surface area (Å²) in [4.78, 5) is 27.0. The van der Waals surface area contributed by atoms with Gasteiger partial charge in [0, 0.05) is 36.3 Å². The molecule has 1 aliphatic carbocycles. The van der Waals surface area contributed by atoms with Gasteiger partial charge in [-0.15, -0.1) is 0 Å². The third-order valence-electron chi connectivity index (χ3n) is 6.69. The number of carbonyl (C=O) groups excluding carboxylic acids is 2. The van der Waals surface area contributed by atoms with Crippen molar-refractivity contribution in [2.45, 2.75) is 65.6 Å². The van der Waals surface area contributed by atoms with E-state index in [4.69, 9.17) is 10.5 Å². The summed E-state index contributed by atoms with van der Waals surface area (Å²) in [6.07, 6.45) is 4.91. The van der Waals surface area contributed by atoms with Crippen molar-refractivity contribution in [3.05, 3.63) is 36.0 Å². The van der Waals surface area contributed by atoms with Gasteiger partial charge in [-0.1, -0.05) is 20.8 Å². The lowest BCUT2D eigenvalue weighted by Gasteiger charge is -2.39. The number of nitrogens with two attached hydrogens (primary N) is 1. The predicted octanol–water partition coefficient (Wildman–Crippen LogP) is 4.09. The summed E-state index contributed by atoms with van der Waals surface area (Å²) < 4.78 is 7.65. The van der Waals surface area contributed by atoms with Gasteiger partial charge in [0.15, 0.2) is 0 Å². The number of amides is 2. The summed E-state index contributed by atoms with van der Waals surface area (Å²) in [7, 11) is 0. The average molecular weight is 412 g/mol. The summed E-state index contributed by atoms with van der Waals surface area (Å²) in [6.45, 7) is 10.2. The molecule has 3 unspecified atom stereocenters. The fourth-order valence-electron chi connectivity index (χ4n) is 6.01. The van der Waals surface area contributed by atoms with Crippen molar-refractivity contribution in [3.8, 4) is 0 Å². The number of ether oxygens (including phenoxy) is 1. The number of likely N-dealkylation sites (tertiary alicyclic amines) is 1. The molecule has 2 fully saturated rings. The number of benzene rings is 1. The standard InChI is InChI=1S/C24H33N3O3/c1-5-30-21(11-20(25)28)26-9-8-16-10-17(6-7-19(16)26)22(29)27-15-24(4)13-18(27)12-23(2,3)14-24/h6-10,18,21H,5,11-15H2,1-4H3,(H2,25,28). The third-order valence-corrected chi connectivity index (χ3v) is 6.69. The topological polar surface area (TPSA) is 77.6 Å². The van der Waals surface area contributed by atoms with Gasteiger partial charge in [0.2, 0.25) is 5.91 Å². The summed E-state index contributed by atoms with van der Waals surface area (Å²) in [6, 6.07) is 8.08. The number of fused-ring (bicyclic) bond motifs is 3. The Hall–Kier alpha value is -2.34. The molecular weight excluding hydrogens is 378 g/mol. The number of primary amides is 1. The van der Waals surface area contributed by atoms with Crippen LogP contribution in [0.4, 0.5) is 0 Å². The van der Waals surface area contributed by atoms with E-state index in [-0.39, 0.29) is 23.2 Å². The highest BCUT2D eigenvalue weighted by molar-refractivity contribution is 5.98. The molecular formula is C24H33N3O3. The second kappa shape index (κ2) is 7.41. The smallest absolute Gasteiger partial charge is 0.254 e. The molecule has 0 spiro atoms. The Morgan fingerprint density at radius 3 is 2.70 bits per heavy atom. The summed E-state index contributed by atoms with van der Waals surface area (Å²) in [5.74, 6) is -0.284. The van der Waals surface area contributed by atoms with Crippen molar-refractivity contribution in [2.75, 3.05) is 13.2 Å². The van der Waals surface area contributed by atoms with E-state index in [0.717, 1.165) is 35.9 Å². The summed E-state index contributed by atoms with van der Waals surface area (Å²) >= 11 is 0. The molecule has 6 nitrogen and oxygen atoms in total. The largest absolute Gasteiger partial charge is 0.370 e. The van der Waals surface area contributed by atoms with Crippen LogP contribution < -0.4 is 5.73 Å². The van der Waals surface area contributed by atoms with E-state index in [1.807, 2.05) is 42.0 Å². The van der Waals surface area contributed by atoms with Crippen LogP contribution in [0.2, 0.25) is 0 Å². The zero-order valence-corrected chi connectivity index (χ0v) is 18.5. The molecule has 162 valence electrons. The van der Waals surface area contributed by atoms with Crippen LogP contribution in [0.3, 0.4) is 0 Å². The highest BCUT2D eigenvalue weighted by Gasteiger charge is 2.51. The number of rotatable bonds is 6. The maximum Gasteiger partial charge on any atom is 0.254 e. The van der Waals surface area contributed by atoms with Crippen LogP contribution in [-0.2, 0) is 9.53 Å². The Morgan fingerprint density at radius 2 is 2.00 bits per heavy atom. The number of nitrogens with zero attached hydrogens (tertiary/aromatic N) is 2. The SMILES string of the molecule is CCOC(CC(N)=O)n1ccc2cc(C(=O)N3CC4(C)CC3CC(C)(C)C4)ccc21. The zero-order chi connectivity index (χ0) is 21.7. The monoisotopic (exact) mass is 411 g/mol. The van der Waals surface area contributed by atoms with Crippen LogP contribution in [0.15, 0.2) is 30.5 Å². The molecule has 4 rings (SSSR count). The van der Waals surface area contributed by atoms with Crippen molar-refractivity contribution < 1.29 is 14.3 Å². The van der Waals surface area contributed by atoms with E-state index in [2.05, 4.69) is 25.7 Å². The Labute approximate surface area is 178 Å². The van der Waals surface area contributed by atoms with Crippen molar-refractivity contribution in [1.29, 1.82) is 0 Å². The minimum atomic E-state index is -0.438. The van der Waals surface area contributed by atoms with Gasteiger partial charge in [-0.3, -0.25) is 9.59 Å². The molecule has 2 N–H and O–H groups in total. The van der Waals surface area contributed by atoms with Gasteiger partial charge in [-0.25, -0.2) is 0 Å². The van der Waals surface area contributed by atoms with Crippen LogP contribution >= 0.6 is 0 Å². The van der Waals surface area contributed by atoms with Crippen molar-refractivity contribution in [3.63, 3.8) is 0 Å². The molecule has 2 heterocycles. The third kappa shape index (κ3) is 3.85. The Morgan fingerprint density at radius 1 is 1.23 bits per heavy atom. The minimum absolute atomic E-state index is 0.113. The molecule has 30 heavy (non-hydrogen) atoms. The lowest BCUT2D eigenvalue weighted by molar-refractivity contribution is -0.122. The van der Waals surface area contributed by atoms with Gasteiger partial charge in [0.1, 0.15) is 6.23 Å². The first-order valence-corrected chi connectivity index (χ1v) is 10.9. The van der Waals surface area contributed by atoms with Gasteiger partial charge >= 0.3 is 0 Å². The first kappa shape index (κ1) is 20.9. The van der Waals surface area contributed by atoms with Crippen molar-refractivity contribution in [1.82, 2.24) is 9.47 Å². The van der Waals surface area contributed by atoms with Crippen LogP contribution in [0.25, 0.3) is 10.9 Å². The quantitative estimate of drug-likeness (QED) is 0.778. The second-order valence-electron chi connectivity index (χ2n) is 10.2. The fraction of sp³-hybridized carbons (Fsp3) is 0.583. The van der Waals surface area contributed by atoms with E-state index in [1.165, 1.54) is 6.42 Å². The van der Waals surface area contributed by atoms with Crippen LogP contribution in [0, 0.1) is 10.8 Å². The molecule has 2 bridgehead atoms. The lowest BCUT2D eigenvalue weighted by atomic mass is 9.65. The second-order valence-corrected chi connectivity index (χ2v) is 10.2. The Kier molecular flexibility index (Phi) is 5.17. The molecule has 1 saturated carbocycles. The minimum Gasteiger partial charge on any atom is -0.370 e. The predicted molar refractivity (Wildman–Crippen MR) is 117 cm³/mol. The van der Waals surface area contributed by atoms with Gasteiger partial charge in [0.25, 0.3) is 5.91 Å². The molecule has 6 heteroatoms. The van der Waals surface area contributed by atoms with Crippen LogP contribution in [-0.4, -0.2) is 40.5 Å². The van der Waals surface area contributed by atoms with E-state index < -0.39 is 12.1 Å². The molecule has 1 aromatic carbocycles. The Bertz CT molecular complexity index is 979. The van der Waals surface area contributed by atoms with Crippen molar-refractivity contribution in [2.24, 2.45) is 16.6 Å². The van der Waals surface area contributed by atoms with Gasteiger partial charge in [0.05, 0.1) is 11.9 Å². The van der Waals surface area contributed by atoms with Crippen molar-refractivity contribution >= 4 is 22.7 Å². The van der Waals surface area contributed by atoms with Gasteiger partial charge in [-0.2, -0.15) is 0 Å². The number of carbonyl (C=O) groups is 2. The molecule has 2 aliphatic rings. The van der Waals surface area contributed by atoms with E-state index >= 15 is 0 Å². The van der Waals surface area contributed by atoms with Gasteiger partial charge in [-0.05, 0) is 61.3 Å². The van der Waals surface area contributed by atoms with Gasteiger partial charge < -0.3 is 19.9 Å². The maximum absolute atomic E-state index is 13.4.